The van der Waals surface area contributed by atoms with Gasteiger partial charge in [-0.05, 0) is 18.2 Å². The molecule has 7 nitrogen and oxygen atoms in total. The number of nitrogens with zero attached hydrogens (tertiary/aromatic N) is 1. The molecular formula is C16H17N3O4. The highest BCUT2D eigenvalue weighted by Crippen LogP contribution is 2.20. The monoisotopic (exact) mass is 315 g/mol. The molecule has 120 valence electrons. The predicted octanol–water partition coefficient (Wildman–Crippen LogP) is 1.88. The van der Waals surface area contributed by atoms with Gasteiger partial charge < -0.3 is 20.8 Å². The Balaban J connectivity index is 2.23. The Bertz CT molecular complexity index is 731. The minimum Gasteiger partial charge on any atom is -0.493 e. The second kappa shape index (κ2) is 7.37. The van der Waals surface area contributed by atoms with Crippen molar-refractivity contribution in [2.24, 2.45) is 0 Å². The predicted molar refractivity (Wildman–Crippen MR) is 85.1 cm³/mol. The second-order valence-electron chi connectivity index (χ2n) is 4.79. The largest absolute Gasteiger partial charge is 0.493 e. The van der Waals surface area contributed by atoms with E-state index in [1.165, 1.54) is 18.3 Å². The van der Waals surface area contributed by atoms with E-state index in [1.807, 2.05) is 0 Å². The number of hydrogen-bond donors (Lipinski definition) is 4. The van der Waals surface area contributed by atoms with Crippen molar-refractivity contribution in [2.75, 3.05) is 10.6 Å². The van der Waals surface area contributed by atoms with Gasteiger partial charge in [0.1, 0.15) is 0 Å². The van der Waals surface area contributed by atoms with E-state index >= 15 is 0 Å². The smallest absolute Gasteiger partial charge is 0.255 e. The summed E-state index contributed by atoms with van der Waals surface area (Å²) >= 11 is 0. The lowest BCUT2D eigenvalue weighted by Crippen LogP contribution is -2.15. The number of rotatable bonds is 5. The van der Waals surface area contributed by atoms with Crippen LogP contribution in [0.3, 0.4) is 0 Å². The fourth-order valence-electron chi connectivity index (χ4n) is 1.91. The molecule has 2 rings (SSSR count). The molecule has 2 aromatic rings. The molecule has 0 aliphatic carbocycles. The minimum absolute atomic E-state index is 0.200. The molecule has 0 fully saturated rings. The molecule has 1 aromatic heterocycles. The van der Waals surface area contributed by atoms with E-state index in [9.17, 15) is 19.8 Å². The van der Waals surface area contributed by atoms with Gasteiger partial charge in [0.25, 0.3) is 5.91 Å². The summed E-state index contributed by atoms with van der Waals surface area (Å²) in [5.74, 6) is -0.822. The number of benzene rings is 1. The maximum absolute atomic E-state index is 12.2. The van der Waals surface area contributed by atoms with Gasteiger partial charge in [-0.25, -0.2) is 4.98 Å². The lowest BCUT2D eigenvalue weighted by atomic mass is 10.1. The van der Waals surface area contributed by atoms with Crippen molar-refractivity contribution in [1.29, 1.82) is 0 Å². The highest BCUT2D eigenvalue weighted by molar-refractivity contribution is 6.05. The summed E-state index contributed by atoms with van der Waals surface area (Å²) in [6, 6.07) is 7.47. The number of carbonyl (C=O) groups excluding carboxylic acids is 2. The quantitative estimate of drug-likeness (QED) is 0.673. The number of nitrogens with one attached hydrogen (secondary N) is 2. The van der Waals surface area contributed by atoms with E-state index in [2.05, 4.69) is 15.6 Å². The van der Waals surface area contributed by atoms with Gasteiger partial charge in [0.05, 0.1) is 6.61 Å². The first kappa shape index (κ1) is 16.4. The van der Waals surface area contributed by atoms with Crippen molar-refractivity contribution in [1.82, 2.24) is 4.98 Å². The molecule has 0 atom stereocenters. The van der Waals surface area contributed by atoms with Crippen LogP contribution in [-0.4, -0.2) is 27.0 Å². The van der Waals surface area contributed by atoms with Crippen LogP contribution >= 0.6 is 0 Å². The van der Waals surface area contributed by atoms with Crippen molar-refractivity contribution >= 4 is 23.2 Å². The zero-order valence-corrected chi connectivity index (χ0v) is 12.5. The summed E-state index contributed by atoms with van der Waals surface area (Å²) in [4.78, 5) is 27.4. The highest BCUT2D eigenvalue weighted by Gasteiger charge is 2.11. The summed E-state index contributed by atoms with van der Waals surface area (Å²) in [7, 11) is 0. The van der Waals surface area contributed by atoms with Gasteiger partial charge in [-0.3, -0.25) is 9.59 Å². The molecular weight excluding hydrogens is 298 g/mol. The first-order chi connectivity index (χ1) is 11.0. The molecule has 23 heavy (non-hydrogen) atoms. The molecule has 0 aliphatic rings. The summed E-state index contributed by atoms with van der Waals surface area (Å²) in [5.41, 5.74) is 1.62. The summed E-state index contributed by atoms with van der Waals surface area (Å²) < 4.78 is 0. The van der Waals surface area contributed by atoms with Crippen LogP contribution in [0.4, 0.5) is 11.4 Å². The van der Waals surface area contributed by atoms with Crippen LogP contribution in [0.25, 0.3) is 0 Å². The summed E-state index contributed by atoms with van der Waals surface area (Å²) in [6.45, 7) is 1.46. The third-order valence-electron chi connectivity index (χ3n) is 3.14. The number of carbonyl (C=O) groups is 2. The Morgan fingerprint density at radius 2 is 1.96 bits per heavy atom. The third kappa shape index (κ3) is 4.27. The lowest BCUT2D eigenvalue weighted by Gasteiger charge is -2.11. The summed E-state index contributed by atoms with van der Waals surface area (Å²) in [6.07, 6.45) is 1.66. The zero-order valence-electron chi connectivity index (χ0n) is 12.5. The van der Waals surface area contributed by atoms with Crippen LogP contribution in [0, 0.1) is 0 Å². The van der Waals surface area contributed by atoms with E-state index in [-0.39, 0.29) is 24.8 Å². The number of amides is 2. The van der Waals surface area contributed by atoms with Gasteiger partial charge in [-0.15, -0.1) is 0 Å². The van der Waals surface area contributed by atoms with Crippen molar-refractivity contribution in [2.45, 2.75) is 20.0 Å². The number of aliphatic hydroxyl groups is 1. The van der Waals surface area contributed by atoms with Crippen molar-refractivity contribution in [3.05, 3.63) is 47.7 Å². The fourth-order valence-corrected chi connectivity index (χ4v) is 1.91. The number of aromatic hydroxyl groups is 1. The van der Waals surface area contributed by atoms with Crippen LogP contribution in [0.15, 0.2) is 36.5 Å². The number of anilines is 2. The topological polar surface area (TPSA) is 112 Å². The first-order valence-corrected chi connectivity index (χ1v) is 7.03. The Labute approximate surface area is 133 Å². The highest BCUT2D eigenvalue weighted by atomic mass is 16.3. The number of pyridine rings is 1. The van der Waals surface area contributed by atoms with Gasteiger partial charge in [0.2, 0.25) is 11.8 Å². The van der Waals surface area contributed by atoms with Crippen LogP contribution < -0.4 is 10.6 Å². The number of hydrogen-bond acceptors (Lipinski definition) is 5. The SMILES string of the molecule is CCC(=O)Nc1cc(C(=O)Nc2ccnc(O)c2)ccc1CO. The van der Waals surface area contributed by atoms with Gasteiger partial charge in [-0.2, -0.15) is 0 Å². The van der Waals surface area contributed by atoms with E-state index < -0.39 is 5.91 Å². The molecule has 0 saturated heterocycles. The normalized spacial score (nSPS) is 10.2. The molecule has 7 heteroatoms. The number of aliphatic hydroxyl groups excluding tert-OH is 1. The van der Waals surface area contributed by atoms with Crippen LogP contribution in [-0.2, 0) is 11.4 Å². The summed E-state index contributed by atoms with van der Waals surface area (Å²) in [5, 5.41) is 23.9. The third-order valence-corrected chi connectivity index (χ3v) is 3.14. The average molecular weight is 315 g/mol. The van der Waals surface area contributed by atoms with Crippen molar-refractivity contribution in [3.63, 3.8) is 0 Å². The van der Waals surface area contributed by atoms with E-state index in [1.54, 1.807) is 25.1 Å². The van der Waals surface area contributed by atoms with Gasteiger partial charge in [-0.1, -0.05) is 13.0 Å². The van der Waals surface area contributed by atoms with E-state index in [4.69, 9.17) is 0 Å². The van der Waals surface area contributed by atoms with E-state index in [0.29, 0.717) is 22.5 Å². The molecule has 1 aromatic carbocycles. The van der Waals surface area contributed by atoms with E-state index in [0.717, 1.165) is 0 Å². The second-order valence-corrected chi connectivity index (χ2v) is 4.79. The van der Waals surface area contributed by atoms with Gasteiger partial charge in [0, 0.05) is 41.2 Å². The minimum atomic E-state index is -0.410. The van der Waals surface area contributed by atoms with Crippen molar-refractivity contribution < 1.29 is 19.8 Å². The Kier molecular flexibility index (Phi) is 5.27. The van der Waals surface area contributed by atoms with Crippen LogP contribution in [0.1, 0.15) is 29.3 Å². The Morgan fingerprint density at radius 1 is 1.17 bits per heavy atom. The maximum atomic E-state index is 12.2. The molecule has 0 bridgehead atoms. The van der Waals surface area contributed by atoms with Gasteiger partial charge >= 0.3 is 0 Å². The molecule has 1 heterocycles. The lowest BCUT2D eigenvalue weighted by molar-refractivity contribution is -0.115. The van der Waals surface area contributed by atoms with Gasteiger partial charge in [0.15, 0.2) is 0 Å². The Hall–Kier alpha value is -2.93. The number of aromatic nitrogens is 1. The molecule has 0 spiro atoms. The first-order valence-electron chi connectivity index (χ1n) is 7.03. The van der Waals surface area contributed by atoms with Crippen LogP contribution in [0.2, 0.25) is 0 Å². The molecule has 2 amide bonds. The molecule has 0 unspecified atom stereocenters. The fraction of sp³-hybridized carbons (Fsp3) is 0.188. The standard InChI is InChI=1S/C16H17N3O4/c1-2-14(21)19-13-7-10(3-4-11(13)9-20)16(23)18-12-5-6-17-15(22)8-12/h3-8,20H,2,9H2,1H3,(H,19,21)(H2,17,18,22,23). The van der Waals surface area contributed by atoms with Crippen molar-refractivity contribution in [3.8, 4) is 5.88 Å². The maximum Gasteiger partial charge on any atom is 0.255 e. The Morgan fingerprint density at radius 3 is 2.61 bits per heavy atom. The molecule has 0 radical (unpaired) electrons. The average Bonchev–Trinajstić information content (AvgIpc) is 2.54. The zero-order chi connectivity index (χ0) is 16.8. The molecule has 0 saturated carbocycles. The molecule has 0 aliphatic heterocycles. The van der Waals surface area contributed by atoms with Crippen LogP contribution in [0.5, 0.6) is 5.88 Å². The molecule has 4 N–H and O–H groups in total.